The number of benzene rings is 2. The van der Waals surface area contributed by atoms with Gasteiger partial charge in [0.2, 0.25) is 0 Å². The standard InChI is InChI=1S/C18H19NO4/c1-22-18(21)12-11-17(15-5-3-2-4-6-15)19-23-13-14-7-9-16(20)10-8-14/h2-10,20H,11-13H2,1H3/b19-17+. The molecule has 23 heavy (non-hydrogen) atoms. The molecule has 5 heteroatoms. The van der Waals surface area contributed by atoms with Gasteiger partial charge < -0.3 is 14.7 Å². The fourth-order valence-corrected chi connectivity index (χ4v) is 1.97. The lowest BCUT2D eigenvalue weighted by Crippen LogP contribution is -2.08. The number of aromatic hydroxyl groups is 1. The van der Waals surface area contributed by atoms with Crippen molar-refractivity contribution in [2.24, 2.45) is 5.16 Å². The number of phenolic OH excluding ortho intramolecular Hbond substituents is 1. The molecule has 0 aliphatic rings. The topological polar surface area (TPSA) is 68.1 Å². The minimum Gasteiger partial charge on any atom is -0.508 e. The van der Waals surface area contributed by atoms with Gasteiger partial charge in [0, 0.05) is 6.42 Å². The predicted octanol–water partition coefficient (Wildman–Crippen LogP) is 3.27. The fraction of sp³-hybridized carbons (Fsp3) is 0.222. The zero-order valence-corrected chi connectivity index (χ0v) is 12.9. The van der Waals surface area contributed by atoms with Crippen molar-refractivity contribution in [1.82, 2.24) is 0 Å². The molecule has 2 aromatic carbocycles. The molecule has 0 fully saturated rings. The summed E-state index contributed by atoms with van der Waals surface area (Å²) in [6, 6.07) is 16.3. The van der Waals surface area contributed by atoms with E-state index < -0.39 is 0 Å². The highest BCUT2D eigenvalue weighted by atomic mass is 16.6. The van der Waals surface area contributed by atoms with Crippen LogP contribution < -0.4 is 0 Å². The van der Waals surface area contributed by atoms with Gasteiger partial charge in [-0.3, -0.25) is 4.79 Å². The summed E-state index contributed by atoms with van der Waals surface area (Å²) in [4.78, 5) is 16.7. The zero-order valence-electron chi connectivity index (χ0n) is 12.9. The first kappa shape index (κ1) is 16.5. The second-order valence-electron chi connectivity index (χ2n) is 4.92. The molecule has 0 unspecified atom stereocenters. The van der Waals surface area contributed by atoms with E-state index in [4.69, 9.17) is 4.84 Å². The van der Waals surface area contributed by atoms with E-state index in [1.807, 2.05) is 30.3 Å². The average Bonchev–Trinajstić information content (AvgIpc) is 2.60. The molecule has 0 heterocycles. The van der Waals surface area contributed by atoms with Crippen LogP contribution in [0.4, 0.5) is 0 Å². The number of rotatable bonds is 7. The Morgan fingerprint density at radius 1 is 1.04 bits per heavy atom. The summed E-state index contributed by atoms with van der Waals surface area (Å²) < 4.78 is 4.66. The third-order valence-corrected chi connectivity index (χ3v) is 3.24. The van der Waals surface area contributed by atoms with Gasteiger partial charge in [0.1, 0.15) is 12.4 Å². The first-order valence-electron chi connectivity index (χ1n) is 7.28. The minimum absolute atomic E-state index is 0.209. The van der Waals surface area contributed by atoms with Crippen LogP contribution in [0.3, 0.4) is 0 Å². The number of phenols is 1. The number of esters is 1. The van der Waals surface area contributed by atoms with E-state index in [0.717, 1.165) is 11.1 Å². The Balaban J connectivity index is 2.03. The highest BCUT2D eigenvalue weighted by molar-refractivity contribution is 6.01. The summed E-state index contributed by atoms with van der Waals surface area (Å²) >= 11 is 0. The Kier molecular flexibility index (Phi) is 6.17. The maximum absolute atomic E-state index is 11.3. The molecule has 0 saturated carbocycles. The van der Waals surface area contributed by atoms with Crippen LogP contribution in [0.25, 0.3) is 0 Å². The molecule has 0 atom stereocenters. The molecule has 2 aromatic rings. The number of carbonyl (C=O) groups is 1. The largest absolute Gasteiger partial charge is 0.508 e. The van der Waals surface area contributed by atoms with Crippen LogP contribution >= 0.6 is 0 Å². The summed E-state index contributed by atoms with van der Waals surface area (Å²) in [5.41, 5.74) is 2.49. The molecule has 1 N–H and O–H groups in total. The minimum atomic E-state index is -0.285. The molecule has 5 nitrogen and oxygen atoms in total. The van der Waals surface area contributed by atoms with Gasteiger partial charge in [-0.15, -0.1) is 0 Å². The molecule has 0 aliphatic heterocycles. The monoisotopic (exact) mass is 313 g/mol. The van der Waals surface area contributed by atoms with Crippen molar-refractivity contribution in [3.8, 4) is 5.75 Å². The smallest absolute Gasteiger partial charge is 0.305 e. The lowest BCUT2D eigenvalue weighted by molar-refractivity contribution is -0.140. The number of nitrogens with zero attached hydrogens (tertiary/aromatic N) is 1. The molecular weight excluding hydrogens is 294 g/mol. The predicted molar refractivity (Wildman–Crippen MR) is 87.1 cm³/mol. The van der Waals surface area contributed by atoms with Crippen LogP contribution in [0.2, 0.25) is 0 Å². The van der Waals surface area contributed by atoms with Crippen molar-refractivity contribution in [3.63, 3.8) is 0 Å². The zero-order chi connectivity index (χ0) is 16.5. The quantitative estimate of drug-likeness (QED) is 0.484. The Bertz CT molecular complexity index is 650. The summed E-state index contributed by atoms with van der Waals surface area (Å²) in [5.74, 6) is -0.0764. The number of ether oxygens (including phenoxy) is 1. The maximum Gasteiger partial charge on any atom is 0.305 e. The van der Waals surface area contributed by atoms with Crippen molar-refractivity contribution in [2.45, 2.75) is 19.4 Å². The number of hydrogen-bond donors (Lipinski definition) is 1. The molecule has 2 rings (SSSR count). The molecule has 120 valence electrons. The third kappa shape index (κ3) is 5.47. The lowest BCUT2D eigenvalue weighted by Gasteiger charge is -2.07. The number of oxime groups is 1. The van der Waals surface area contributed by atoms with E-state index in [-0.39, 0.29) is 24.7 Å². The van der Waals surface area contributed by atoms with Crippen LogP contribution in [0.15, 0.2) is 59.8 Å². The van der Waals surface area contributed by atoms with Crippen LogP contribution in [-0.4, -0.2) is 23.9 Å². The number of hydrogen-bond acceptors (Lipinski definition) is 5. The van der Waals surface area contributed by atoms with Gasteiger partial charge >= 0.3 is 5.97 Å². The third-order valence-electron chi connectivity index (χ3n) is 3.24. The Morgan fingerprint density at radius 2 is 1.74 bits per heavy atom. The molecular formula is C18H19NO4. The van der Waals surface area contributed by atoms with Gasteiger partial charge in [0.15, 0.2) is 0 Å². The molecule has 0 bridgehead atoms. The lowest BCUT2D eigenvalue weighted by atomic mass is 10.1. The van der Waals surface area contributed by atoms with Crippen LogP contribution in [0.5, 0.6) is 5.75 Å². The van der Waals surface area contributed by atoms with Crippen LogP contribution in [0.1, 0.15) is 24.0 Å². The van der Waals surface area contributed by atoms with Gasteiger partial charge in [0.05, 0.1) is 19.2 Å². The van der Waals surface area contributed by atoms with Crippen molar-refractivity contribution >= 4 is 11.7 Å². The average molecular weight is 313 g/mol. The normalized spacial score (nSPS) is 11.1. The van der Waals surface area contributed by atoms with E-state index in [2.05, 4.69) is 9.89 Å². The molecule has 0 radical (unpaired) electrons. The van der Waals surface area contributed by atoms with Crippen LogP contribution in [-0.2, 0) is 21.0 Å². The number of methoxy groups -OCH3 is 1. The van der Waals surface area contributed by atoms with E-state index in [0.29, 0.717) is 12.1 Å². The van der Waals surface area contributed by atoms with E-state index in [9.17, 15) is 9.90 Å². The van der Waals surface area contributed by atoms with Gasteiger partial charge in [-0.05, 0) is 23.3 Å². The summed E-state index contributed by atoms with van der Waals surface area (Å²) in [7, 11) is 1.36. The Morgan fingerprint density at radius 3 is 2.39 bits per heavy atom. The van der Waals surface area contributed by atoms with E-state index in [1.54, 1.807) is 24.3 Å². The van der Waals surface area contributed by atoms with Gasteiger partial charge in [-0.2, -0.15) is 0 Å². The summed E-state index contributed by atoms with van der Waals surface area (Å²) in [6.45, 7) is 0.287. The molecule has 0 amide bonds. The van der Waals surface area contributed by atoms with Crippen molar-refractivity contribution in [1.29, 1.82) is 0 Å². The summed E-state index contributed by atoms with van der Waals surface area (Å²) in [5, 5.41) is 13.4. The molecule has 0 aliphatic carbocycles. The van der Waals surface area contributed by atoms with Gasteiger partial charge in [-0.1, -0.05) is 47.6 Å². The molecule has 0 aromatic heterocycles. The first-order valence-corrected chi connectivity index (χ1v) is 7.28. The van der Waals surface area contributed by atoms with Crippen LogP contribution in [0, 0.1) is 0 Å². The molecule has 0 saturated heterocycles. The highest BCUT2D eigenvalue weighted by Crippen LogP contribution is 2.12. The van der Waals surface area contributed by atoms with Crippen molar-refractivity contribution < 1.29 is 19.5 Å². The first-order chi connectivity index (χ1) is 11.2. The van der Waals surface area contributed by atoms with Gasteiger partial charge in [-0.25, -0.2) is 0 Å². The SMILES string of the molecule is COC(=O)CC/C(=N\OCc1ccc(O)cc1)c1ccccc1. The summed E-state index contributed by atoms with van der Waals surface area (Å²) in [6.07, 6.45) is 0.680. The molecule has 0 spiro atoms. The van der Waals surface area contributed by atoms with E-state index >= 15 is 0 Å². The van der Waals surface area contributed by atoms with Gasteiger partial charge in [0.25, 0.3) is 0 Å². The fourth-order valence-electron chi connectivity index (χ4n) is 1.97. The Hall–Kier alpha value is -2.82. The van der Waals surface area contributed by atoms with E-state index in [1.165, 1.54) is 7.11 Å². The number of carbonyl (C=O) groups excluding carboxylic acids is 1. The second-order valence-corrected chi connectivity index (χ2v) is 4.92. The van der Waals surface area contributed by atoms with Crippen molar-refractivity contribution in [3.05, 3.63) is 65.7 Å². The second kappa shape index (κ2) is 8.58. The maximum atomic E-state index is 11.3. The van der Waals surface area contributed by atoms with Crippen molar-refractivity contribution in [2.75, 3.05) is 7.11 Å². The highest BCUT2D eigenvalue weighted by Gasteiger charge is 2.08. The Labute approximate surface area is 135 Å².